The number of ether oxygens (including phenoxy) is 1. The van der Waals surface area contributed by atoms with Gasteiger partial charge in [0.05, 0.1) is 6.54 Å². The summed E-state index contributed by atoms with van der Waals surface area (Å²) in [6, 6.07) is 0. The van der Waals surface area contributed by atoms with E-state index < -0.39 is 5.97 Å². The lowest BCUT2D eigenvalue weighted by atomic mass is 10.1. The van der Waals surface area contributed by atoms with Crippen molar-refractivity contribution in [1.82, 2.24) is 4.90 Å². The third-order valence-electron chi connectivity index (χ3n) is 3.08. The van der Waals surface area contributed by atoms with E-state index in [1.54, 1.807) is 13.8 Å². The second-order valence-electron chi connectivity index (χ2n) is 4.86. The molecular weight excluding hydrogens is 250 g/mol. The number of imide groups is 1. The number of hydrogen-bond acceptors (Lipinski definition) is 5. The predicted octanol–water partition coefficient (Wildman–Crippen LogP) is 0.540. The Labute approximate surface area is 112 Å². The van der Waals surface area contributed by atoms with E-state index >= 15 is 0 Å². The molecule has 2 unspecified atom stereocenters. The zero-order valence-electron chi connectivity index (χ0n) is 11.3. The molecule has 0 saturated carbocycles. The van der Waals surface area contributed by atoms with Gasteiger partial charge in [-0.25, -0.2) is 0 Å². The van der Waals surface area contributed by atoms with E-state index in [1.807, 2.05) is 0 Å². The largest absolute Gasteiger partial charge is 0.464 e. The molecule has 1 fully saturated rings. The van der Waals surface area contributed by atoms with Crippen molar-refractivity contribution in [2.45, 2.75) is 33.1 Å². The summed E-state index contributed by atoms with van der Waals surface area (Å²) in [5.41, 5.74) is 0. The number of carbonyl (C=O) groups excluding carboxylic acids is 4. The maximum absolute atomic E-state index is 11.6. The first-order valence-corrected chi connectivity index (χ1v) is 6.40. The first-order chi connectivity index (χ1) is 8.95. The Hall–Kier alpha value is -1.72. The molecule has 1 aliphatic rings. The highest BCUT2D eigenvalue weighted by Gasteiger charge is 2.35. The zero-order valence-corrected chi connectivity index (χ0v) is 11.3. The predicted molar refractivity (Wildman–Crippen MR) is 65.9 cm³/mol. The van der Waals surface area contributed by atoms with Crippen LogP contribution < -0.4 is 0 Å². The van der Waals surface area contributed by atoms with Crippen LogP contribution in [0.2, 0.25) is 0 Å². The molecule has 2 atom stereocenters. The van der Waals surface area contributed by atoms with Crippen molar-refractivity contribution in [3.8, 4) is 0 Å². The summed E-state index contributed by atoms with van der Waals surface area (Å²) in [4.78, 5) is 45.9. The van der Waals surface area contributed by atoms with Crippen LogP contribution in [0.5, 0.6) is 0 Å². The van der Waals surface area contributed by atoms with Gasteiger partial charge in [-0.1, -0.05) is 13.8 Å². The molecule has 1 rings (SSSR count). The van der Waals surface area contributed by atoms with Gasteiger partial charge in [0.2, 0.25) is 11.8 Å². The molecule has 19 heavy (non-hydrogen) atoms. The molecule has 0 spiro atoms. The highest BCUT2D eigenvalue weighted by molar-refractivity contribution is 6.03. The summed E-state index contributed by atoms with van der Waals surface area (Å²) in [7, 11) is 0. The molecule has 0 N–H and O–H groups in total. The number of amides is 2. The Balaban J connectivity index is 2.23. The van der Waals surface area contributed by atoms with Crippen molar-refractivity contribution in [3.05, 3.63) is 0 Å². The molecule has 1 saturated heterocycles. The molecule has 2 amide bonds. The highest BCUT2D eigenvalue weighted by Crippen LogP contribution is 2.18. The Kier molecular flexibility index (Phi) is 5.66. The van der Waals surface area contributed by atoms with Crippen molar-refractivity contribution in [2.24, 2.45) is 11.8 Å². The normalized spacial score (nSPS) is 20.5. The number of esters is 1. The first kappa shape index (κ1) is 15.3. The van der Waals surface area contributed by atoms with Crippen molar-refractivity contribution in [2.75, 3.05) is 13.2 Å². The van der Waals surface area contributed by atoms with Gasteiger partial charge in [-0.2, -0.15) is 0 Å². The third kappa shape index (κ3) is 4.46. The number of aldehydes is 1. The zero-order chi connectivity index (χ0) is 14.4. The fourth-order valence-corrected chi connectivity index (χ4v) is 1.82. The lowest BCUT2D eigenvalue weighted by Gasteiger charge is -2.14. The number of rotatable bonds is 7. The molecule has 0 aromatic carbocycles. The average molecular weight is 269 g/mol. The quantitative estimate of drug-likeness (QED) is 0.383. The number of hydrogen-bond donors (Lipinski definition) is 0. The van der Waals surface area contributed by atoms with Crippen LogP contribution >= 0.6 is 0 Å². The van der Waals surface area contributed by atoms with Gasteiger partial charge in [0.15, 0.2) is 0 Å². The fraction of sp³-hybridized carbons (Fsp3) is 0.692. The minimum Gasteiger partial charge on any atom is -0.464 e. The highest BCUT2D eigenvalue weighted by atomic mass is 16.5. The van der Waals surface area contributed by atoms with Gasteiger partial charge in [-0.3, -0.25) is 19.3 Å². The van der Waals surface area contributed by atoms with E-state index in [1.165, 1.54) is 0 Å². The summed E-state index contributed by atoms with van der Waals surface area (Å²) < 4.78 is 4.93. The second kappa shape index (κ2) is 7.01. The Morgan fingerprint density at radius 2 is 2.21 bits per heavy atom. The van der Waals surface area contributed by atoms with Crippen LogP contribution in [0.4, 0.5) is 0 Å². The van der Waals surface area contributed by atoms with Crippen LogP contribution in [-0.4, -0.2) is 42.1 Å². The third-order valence-corrected chi connectivity index (χ3v) is 3.08. The van der Waals surface area contributed by atoms with Crippen molar-refractivity contribution in [1.29, 1.82) is 0 Å². The van der Waals surface area contributed by atoms with Crippen LogP contribution in [0.25, 0.3) is 0 Å². The Bertz CT molecular complexity index is 379. The topological polar surface area (TPSA) is 80.8 Å². The molecule has 0 aromatic rings. The molecule has 6 heteroatoms. The molecular formula is C13H19NO5. The molecule has 1 aliphatic heterocycles. The molecule has 0 aromatic heterocycles. The molecule has 1 heterocycles. The van der Waals surface area contributed by atoms with E-state index in [4.69, 9.17) is 4.74 Å². The lowest BCUT2D eigenvalue weighted by molar-refractivity contribution is -0.148. The summed E-state index contributed by atoms with van der Waals surface area (Å²) >= 11 is 0. The summed E-state index contributed by atoms with van der Waals surface area (Å²) in [5, 5.41) is 0. The average Bonchev–Trinajstić information content (AvgIpc) is 2.62. The SMILES string of the molecule is CC(C=O)CCC(=O)OCCN1C(=O)CC(C)C1=O. The van der Waals surface area contributed by atoms with E-state index in [9.17, 15) is 19.2 Å². The van der Waals surface area contributed by atoms with E-state index in [2.05, 4.69) is 0 Å². The van der Waals surface area contributed by atoms with Gasteiger partial charge in [0.1, 0.15) is 12.9 Å². The first-order valence-electron chi connectivity index (χ1n) is 6.40. The van der Waals surface area contributed by atoms with Gasteiger partial charge in [-0.15, -0.1) is 0 Å². The second-order valence-corrected chi connectivity index (χ2v) is 4.86. The van der Waals surface area contributed by atoms with Crippen LogP contribution in [0, 0.1) is 11.8 Å². The van der Waals surface area contributed by atoms with Gasteiger partial charge >= 0.3 is 5.97 Å². The lowest BCUT2D eigenvalue weighted by Crippen LogP contribution is -2.34. The molecule has 0 bridgehead atoms. The Morgan fingerprint density at radius 3 is 2.74 bits per heavy atom. The minimum atomic E-state index is -0.416. The number of nitrogens with zero attached hydrogens (tertiary/aromatic N) is 1. The minimum absolute atomic E-state index is 0.0124. The van der Waals surface area contributed by atoms with Gasteiger partial charge in [0, 0.05) is 24.7 Å². The van der Waals surface area contributed by atoms with Crippen LogP contribution in [-0.2, 0) is 23.9 Å². The maximum atomic E-state index is 11.6. The molecule has 6 nitrogen and oxygen atoms in total. The smallest absolute Gasteiger partial charge is 0.305 e. The molecule has 0 aliphatic carbocycles. The molecule has 106 valence electrons. The Morgan fingerprint density at radius 1 is 1.53 bits per heavy atom. The van der Waals surface area contributed by atoms with Crippen molar-refractivity contribution < 1.29 is 23.9 Å². The van der Waals surface area contributed by atoms with Crippen molar-refractivity contribution in [3.63, 3.8) is 0 Å². The van der Waals surface area contributed by atoms with Gasteiger partial charge in [0.25, 0.3) is 0 Å². The summed E-state index contributed by atoms with van der Waals surface area (Å²) in [6.45, 7) is 3.55. The monoisotopic (exact) mass is 269 g/mol. The summed E-state index contributed by atoms with van der Waals surface area (Å²) in [6.07, 6.45) is 1.62. The summed E-state index contributed by atoms with van der Waals surface area (Å²) in [5.74, 6) is -1.30. The number of carbonyl (C=O) groups is 4. The standard InChI is InChI=1S/C13H19NO5/c1-9(8-15)3-4-12(17)19-6-5-14-11(16)7-10(2)13(14)18/h8-10H,3-7H2,1-2H3. The van der Waals surface area contributed by atoms with Crippen LogP contribution in [0.3, 0.4) is 0 Å². The van der Waals surface area contributed by atoms with Gasteiger partial charge in [-0.05, 0) is 6.42 Å². The van der Waals surface area contributed by atoms with Crippen molar-refractivity contribution >= 4 is 24.1 Å². The van der Waals surface area contributed by atoms with E-state index in [-0.39, 0.29) is 49.6 Å². The molecule has 0 radical (unpaired) electrons. The maximum Gasteiger partial charge on any atom is 0.305 e. The number of likely N-dealkylation sites (tertiary alicyclic amines) is 1. The fourth-order valence-electron chi connectivity index (χ4n) is 1.82. The van der Waals surface area contributed by atoms with Crippen LogP contribution in [0.1, 0.15) is 33.1 Å². The van der Waals surface area contributed by atoms with Gasteiger partial charge < -0.3 is 9.53 Å². The van der Waals surface area contributed by atoms with E-state index in [0.717, 1.165) is 11.2 Å². The van der Waals surface area contributed by atoms with Crippen LogP contribution in [0.15, 0.2) is 0 Å². The van der Waals surface area contributed by atoms with E-state index in [0.29, 0.717) is 6.42 Å².